The van der Waals surface area contributed by atoms with Gasteiger partial charge in [0, 0.05) is 0 Å². The highest BCUT2D eigenvalue weighted by molar-refractivity contribution is 5.10. The third-order valence-corrected chi connectivity index (χ3v) is 2.49. The first-order valence-corrected chi connectivity index (χ1v) is 4.39. The minimum absolute atomic E-state index is 0.186. The predicted molar refractivity (Wildman–Crippen MR) is 45.0 cm³/mol. The van der Waals surface area contributed by atoms with E-state index < -0.39 is 0 Å². The molecule has 0 radical (unpaired) electrons. The second kappa shape index (κ2) is 3.23. The summed E-state index contributed by atoms with van der Waals surface area (Å²) in [4.78, 5) is 0. The third-order valence-electron chi connectivity index (χ3n) is 2.49. The lowest BCUT2D eigenvalue weighted by Crippen LogP contribution is -2.41. The van der Waals surface area contributed by atoms with Crippen LogP contribution in [-0.4, -0.2) is 12.1 Å². The van der Waals surface area contributed by atoms with Gasteiger partial charge in [0.05, 0.1) is 6.07 Å². The third kappa shape index (κ3) is 1.72. The standard InChI is InChI=1S/C9H16N2/c1-3-11-9(7-10)5-4-8(2)6-9/h8,11H,3-6H2,1-2H3. The van der Waals surface area contributed by atoms with Crippen molar-refractivity contribution in [1.29, 1.82) is 5.26 Å². The normalized spacial score (nSPS) is 37.0. The Labute approximate surface area is 68.6 Å². The molecule has 2 heteroatoms. The van der Waals surface area contributed by atoms with E-state index in [1.807, 2.05) is 0 Å². The molecule has 1 aliphatic rings. The number of nitrogens with one attached hydrogen (secondary N) is 1. The Balaban J connectivity index is 2.57. The highest BCUT2D eigenvalue weighted by Gasteiger charge is 2.36. The molecule has 2 nitrogen and oxygen atoms in total. The first-order chi connectivity index (χ1) is 5.22. The molecule has 0 bridgehead atoms. The van der Waals surface area contributed by atoms with Gasteiger partial charge in [0.2, 0.25) is 0 Å². The molecule has 0 spiro atoms. The highest BCUT2D eigenvalue weighted by atomic mass is 15.0. The summed E-state index contributed by atoms with van der Waals surface area (Å²) in [6.45, 7) is 5.18. The Hall–Kier alpha value is -0.550. The van der Waals surface area contributed by atoms with Crippen LogP contribution in [0.5, 0.6) is 0 Å². The van der Waals surface area contributed by atoms with Gasteiger partial charge in [-0.2, -0.15) is 5.26 Å². The van der Waals surface area contributed by atoms with Gasteiger partial charge in [0.25, 0.3) is 0 Å². The van der Waals surface area contributed by atoms with E-state index in [4.69, 9.17) is 5.26 Å². The van der Waals surface area contributed by atoms with Crippen LogP contribution in [0.15, 0.2) is 0 Å². The average molecular weight is 152 g/mol. The fourth-order valence-corrected chi connectivity index (χ4v) is 1.93. The molecule has 2 atom stereocenters. The smallest absolute Gasteiger partial charge is 0.107 e. The number of rotatable bonds is 2. The second-order valence-corrected chi connectivity index (χ2v) is 3.57. The predicted octanol–water partition coefficient (Wildman–Crippen LogP) is 1.68. The van der Waals surface area contributed by atoms with Crippen LogP contribution in [0.3, 0.4) is 0 Å². The number of hydrogen-bond donors (Lipinski definition) is 1. The fraction of sp³-hybridized carbons (Fsp3) is 0.889. The van der Waals surface area contributed by atoms with E-state index in [-0.39, 0.29) is 5.54 Å². The SMILES string of the molecule is CCNC1(C#N)CCC(C)C1. The van der Waals surface area contributed by atoms with Crippen LogP contribution in [-0.2, 0) is 0 Å². The van der Waals surface area contributed by atoms with Crippen molar-refractivity contribution < 1.29 is 0 Å². The number of hydrogen-bond acceptors (Lipinski definition) is 2. The van der Waals surface area contributed by atoms with Crippen molar-refractivity contribution in [3.8, 4) is 6.07 Å². The summed E-state index contributed by atoms with van der Waals surface area (Å²) in [7, 11) is 0. The van der Waals surface area contributed by atoms with E-state index in [1.54, 1.807) is 0 Å². The molecular formula is C9H16N2. The molecule has 11 heavy (non-hydrogen) atoms. The molecule has 0 heterocycles. The molecule has 0 saturated heterocycles. The Kier molecular flexibility index (Phi) is 2.51. The van der Waals surface area contributed by atoms with E-state index in [0.717, 1.165) is 19.4 Å². The Morgan fingerprint density at radius 1 is 1.73 bits per heavy atom. The van der Waals surface area contributed by atoms with Crippen molar-refractivity contribution >= 4 is 0 Å². The molecule has 1 N–H and O–H groups in total. The van der Waals surface area contributed by atoms with Gasteiger partial charge in [0.15, 0.2) is 0 Å². The maximum Gasteiger partial charge on any atom is 0.107 e. The molecule has 1 rings (SSSR count). The van der Waals surface area contributed by atoms with Crippen molar-refractivity contribution in [1.82, 2.24) is 5.32 Å². The van der Waals surface area contributed by atoms with Crippen LogP contribution in [0.1, 0.15) is 33.1 Å². The van der Waals surface area contributed by atoms with Gasteiger partial charge in [-0.3, -0.25) is 5.32 Å². The first-order valence-electron chi connectivity index (χ1n) is 4.39. The van der Waals surface area contributed by atoms with Crippen molar-refractivity contribution in [2.45, 2.75) is 38.6 Å². The van der Waals surface area contributed by atoms with Crippen LogP contribution in [0.4, 0.5) is 0 Å². The average Bonchev–Trinajstić information content (AvgIpc) is 2.34. The minimum Gasteiger partial charge on any atom is -0.300 e. The Morgan fingerprint density at radius 3 is 2.82 bits per heavy atom. The molecular weight excluding hydrogens is 136 g/mol. The van der Waals surface area contributed by atoms with Gasteiger partial charge in [-0.15, -0.1) is 0 Å². The molecule has 1 fully saturated rings. The maximum atomic E-state index is 8.95. The lowest BCUT2D eigenvalue weighted by Gasteiger charge is -2.21. The summed E-state index contributed by atoms with van der Waals surface area (Å²) in [5.74, 6) is 0.716. The number of nitrogens with zero attached hydrogens (tertiary/aromatic N) is 1. The zero-order valence-electron chi connectivity index (χ0n) is 7.35. The van der Waals surface area contributed by atoms with E-state index in [0.29, 0.717) is 5.92 Å². The lowest BCUT2D eigenvalue weighted by atomic mass is 9.98. The van der Waals surface area contributed by atoms with Gasteiger partial charge in [-0.05, 0) is 31.7 Å². The summed E-state index contributed by atoms with van der Waals surface area (Å²) < 4.78 is 0. The Bertz CT molecular complexity index is 167. The highest BCUT2D eigenvalue weighted by Crippen LogP contribution is 2.33. The molecule has 0 aliphatic heterocycles. The number of nitriles is 1. The molecule has 0 amide bonds. The topological polar surface area (TPSA) is 35.8 Å². The van der Waals surface area contributed by atoms with Gasteiger partial charge in [-0.1, -0.05) is 13.8 Å². The van der Waals surface area contributed by atoms with Gasteiger partial charge >= 0.3 is 0 Å². The molecule has 2 unspecified atom stereocenters. The molecule has 62 valence electrons. The monoisotopic (exact) mass is 152 g/mol. The molecule has 0 aromatic rings. The summed E-state index contributed by atoms with van der Waals surface area (Å²) >= 11 is 0. The zero-order chi connectivity index (χ0) is 8.32. The van der Waals surface area contributed by atoms with Crippen LogP contribution < -0.4 is 5.32 Å². The van der Waals surface area contributed by atoms with Crippen molar-refractivity contribution in [3.05, 3.63) is 0 Å². The minimum atomic E-state index is -0.186. The van der Waals surface area contributed by atoms with Crippen molar-refractivity contribution in [3.63, 3.8) is 0 Å². The largest absolute Gasteiger partial charge is 0.300 e. The van der Waals surface area contributed by atoms with E-state index in [9.17, 15) is 0 Å². The first kappa shape index (κ1) is 8.55. The molecule has 0 aromatic heterocycles. The molecule has 1 aliphatic carbocycles. The van der Waals surface area contributed by atoms with Gasteiger partial charge in [0.1, 0.15) is 5.54 Å². The van der Waals surface area contributed by atoms with E-state index >= 15 is 0 Å². The van der Waals surface area contributed by atoms with E-state index in [1.165, 1.54) is 6.42 Å². The summed E-state index contributed by atoms with van der Waals surface area (Å²) in [6, 6.07) is 2.40. The van der Waals surface area contributed by atoms with Crippen LogP contribution in [0, 0.1) is 17.2 Å². The van der Waals surface area contributed by atoms with Crippen LogP contribution in [0.2, 0.25) is 0 Å². The van der Waals surface area contributed by atoms with Gasteiger partial charge < -0.3 is 0 Å². The molecule has 1 saturated carbocycles. The fourth-order valence-electron chi connectivity index (χ4n) is 1.93. The van der Waals surface area contributed by atoms with E-state index in [2.05, 4.69) is 25.2 Å². The summed E-state index contributed by atoms with van der Waals surface area (Å²) in [5, 5.41) is 12.2. The van der Waals surface area contributed by atoms with Crippen molar-refractivity contribution in [2.75, 3.05) is 6.54 Å². The van der Waals surface area contributed by atoms with Crippen LogP contribution in [0.25, 0.3) is 0 Å². The summed E-state index contributed by atoms with van der Waals surface area (Å²) in [5.41, 5.74) is -0.186. The van der Waals surface area contributed by atoms with Crippen molar-refractivity contribution in [2.24, 2.45) is 5.92 Å². The molecule has 0 aromatic carbocycles. The lowest BCUT2D eigenvalue weighted by molar-refractivity contribution is 0.420. The quantitative estimate of drug-likeness (QED) is 0.653. The van der Waals surface area contributed by atoms with Crippen LogP contribution >= 0.6 is 0 Å². The maximum absolute atomic E-state index is 8.95. The second-order valence-electron chi connectivity index (χ2n) is 3.57. The zero-order valence-corrected chi connectivity index (χ0v) is 7.35. The van der Waals surface area contributed by atoms with Gasteiger partial charge in [-0.25, -0.2) is 0 Å². The summed E-state index contributed by atoms with van der Waals surface area (Å²) in [6.07, 6.45) is 3.25. The Morgan fingerprint density at radius 2 is 2.45 bits per heavy atom.